The zero-order chi connectivity index (χ0) is 21.7. The number of nitro benzene ring substituents is 1. The van der Waals surface area contributed by atoms with Crippen molar-refractivity contribution in [1.82, 2.24) is 5.43 Å². The van der Waals surface area contributed by atoms with Crippen LogP contribution in [0.1, 0.15) is 16.9 Å². The third kappa shape index (κ3) is 5.10. The van der Waals surface area contributed by atoms with Crippen LogP contribution < -0.4 is 5.43 Å². The Morgan fingerprint density at radius 3 is 2.63 bits per heavy atom. The minimum absolute atomic E-state index is 0.173. The van der Waals surface area contributed by atoms with E-state index in [1.807, 2.05) is 0 Å². The molecule has 1 N–H and O–H groups in total. The standard InChI is InChI=1S/C20H14F3N3O4/c21-20(22,23)15-6-3-5-14(10-15)18-9-8-16(30-18)12-24-25-19(27)11-13-4-1-2-7-17(13)26(28)29/h1-10,12H,11H2,(H,25,27)/b24-12+. The van der Waals surface area contributed by atoms with Gasteiger partial charge >= 0.3 is 6.18 Å². The minimum atomic E-state index is -4.47. The minimum Gasteiger partial charge on any atom is -0.455 e. The van der Waals surface area contributed by atoms with Crippen molar-refractivity contribution in [2.75, 3.05) is 0 Å². The summed E-state index contributed by atoms with van der Waals surface area (Å²) in [5.74, 6) is -0.174. The molecule has 0 radical (unpaired) electrons. The number of carbonyl (C=O) groups excluding carboxylic acids is 1. The van der Waals surface area contributed by atoms with Gasteiger partial charge in [-0.2, -0.15) is 18.3 Å². The maximum atomic E-state index is 12.8. The monoisotopic (exact) mass is 417 g/mol. The molecule has 0 aliphatic rings. The Bertz CT molecular complexity index is 1110. The number of furan rings is 1. The van der Waals surface area contributed by atoms with Crippen LogP contribution in [0.4, 0.5) is 18.9 Å². The molecule has 0 spiro atoms. The number of hydrogen-bond donors (Lipinski definition) is 1. The van der Waals surface area contributed by atoms with Crippen LogP contribution in [0.25, 0.3) is 11.3 Å². The van der Waals surface area contributed by atoms with Crippen molar-refractivity contribution < 1.29 is 27.3 Å². The van der Waals surface area contributed by atoms with Crippen LogP contribution in [0, 0.1) is 10.1 Å². The number of rotatable bonds is 6. The zero-order valence-electron chi connectivity index (χ0n) is 15.2. The van der Waals surface area contributed by atoms with Crippen LogP contribution in [-0.2, 0) is 17.4 Å². The molecule has 10 heteroatoms. The van der Waals surface area contributed by atoms with E-state index in [0.29, 0.717) is 0 Å². The van der Waals surface area contributed by atoms with E-state index in [1.165, 1.54) is 48.7 Å². The molecule has 1 heterocycles. The molecular formula is C20H14F3N3O4. The summed E-state index contributed by atoms with van der Waals surface area (Å²) in [6.07, 6.45) is -3.54. The first-order chi connectivity index (χ1) is 14.2. The summed E-state index contributed by atoms with van der Waals surface area (Å²) in [6, 6.07) is 13.5. The average Bonchev–Trinajstić information content (AvgIpc) is 3.16. The van der Waals surface area contributed by atoms with E-state index in [9.17, 15) is 28.1 Å². The molecule has 1 aromatic heterocycles. The SMILES string of the molecule is O=C(Cc1ccccc1[N+](=O)[O-])N/N=C/c1ccc(-c2cccc(C(F)(F)F)c2)o1. The number of amides is 1. The van der Waals surface area contributed by atoms with E-state index in [2.05, 4.69) is 10.5 Å². The van der Waals surface area contributed by atoms with E-state index in [-0.39, 0.29) is 34.8 Å². The Labute approximate surface area is 168 Å². The van der Waals surface area contributed by atoms with Crippen molar-refractivity contribution >= 4 is 17.8 Å². The molecule has 154 valence electrons. The average molecular weight is 417 g/mol. The van der Waals surface area contributed by atoms with Gasteiger partial charge in [-0.15, -0.1) is 0 Å². The van der Waals surface area contributed by atoms with Crippen LogP contribution in [0.15, 0.2) is 70.2 Å². The molecular weight excluding hydrogens is 403 g/mol. The van der Waals surface area contributed by atoms with Crippen LogP contribution in [0.5, 0.6) is 0 Å². The van der Waals surface area contributed by atoms with Gasteiger partial charge < -0.3 is 4.42 Å². The van der Waals surface area contributed by atoms with Gasteiger partial charge in [-0.05, 0) is 24.3 Å². The Morgan fingerprint density at radius 1 is 1.13 bits per heavy atom. The van der Waals surface area contributed by atoms with Crippen LogP contribution in [-0.4, -0.2) is 17.0 Å². The summed E-state index contributed by atoms with van der Waals surface area (Å²) in [4.78, 5) is 22.3. The maximum absolute atomic E-state index is 12.8. The molecule has 0 saturated heterocycles. The molecule has 3 aromatic rings. The number of halogens is 3. The summed E-state index contributed by atoms with van der Waals surface area (Å²) < 4.78 is 43.9. The molecule has 2 aromatic carbocycles. The summed E-state index contributed by atoms with van der Waals surface area (Å²) in [5, 5.41) is 14.7. The van der Waals surface area contributed by atoms with Gasteiger partial charge in [-0.25, -0.2) is 5.43 Å². The third-order valence-electron chi connectivity index (χ3n) is 4.02. The number of nitrogens with one attached hydrogen (secondary N) is 1. The number of hydrazone groups is 1. The first-order valence-corrected chi connectivity index (χ1v) is 8.56. The van der Waals surface area contributed by atoms with Crippen molar-refractivity contribution in [3.05, 3.63) is 87.7 Å². The zero-order valence-corrected chi connectivity index (χ0v) is 15.2. The van der Waals surface area contributed by atoms with Gasteiger partial charge in [-0.3, -0.25) is 14.9 Å². The Balaban J connectivity index is 1.64. The van der Waals surface area contributed by atoms with E-state index in [0.717, 1.165) is 12.1 Å². The summed E-state index contributed by atoms with van der Waals surface area (Å²) >= 11 is 0. The first kappa shape index (κ1) is 20.8. The van der Waals surface area contributed by atoms with Gasteiger partial charge in [0.05, 0.1) is 23.1 Å². The van der Waals surface area contributed by atoms with Crippen LogP contribution >= 0.6 is 0 Å². The number of alkyl halides is 3. The number of nitrogens with zero attached hydrogens (tertiary/aromatic N) is 2. The number of benzene rings is 2. The lowest BCUT2D eigenvalue weighted by atomic mass is 10.1. The Hall–Kier alpha value is -3.95. The number of nitro groups is 1. The van der Waals surface area contributed by atoms with Crippen molar-refractivity contribution in [2.24, 2.45) is 5.10 Å². The first-order valence-electron chi connectivity index (χ1n) is 8.56. The molecule has 0 fully saturated rings. The van der Waals surface area contributed by atoms with Gasteiger partial charge in [0.1, 0.15) is 11.5 Å². The smallest absolute Gasteiger partial charge is 0.416 e. The van der Waals surface area contributed by atoms with Gasteiger partial charge in [0.25, 0.3) is 5.69 Å². The van der Waals surface area contributed by atoms with Gasteiger partial charge in [0.2, 0.25) is 5.91 Å². The lowest BCUT2D eigenvalue weighted by Gasteiger charge is -2.07. The van der Waals surface area contributed by atoms with Gasteiger partial charge in [0.15, 0.2) is 0 Å². The van der Waals surface area contributed by atoms with E-state index < -0.39 is 22.6 Å². The highest BCUT2D eigenvalue weighted by molar-refractivity contribution is 5.82. The van der Waals surface area contributed by atoms with Crippen molar-refractivity contribution in [3.8, 4) is 11.3 Å². The number of hydrogen-bond acceptors (Lipinski definition) is 5. The second-order valence-corrected chi connectivity index (χ2v) is 6.14. The quantitative estimate of drug-likeness (QED) is 0.361. The van der Waals surface area contributed by atoms with E-state index in [1.54, 1.807) is 6.07 Å². The lowest BCUT2D eigenvalue weighted by molar-refractivity contribution is -0.385. The number of para-hydroxylation sites is 1. The fraction of sp³-hybridized carbons (Fsp3) is 0.100. The Morgan fingerprint density at radius 2 is 1.90 bits per heavy atom. The number of carbonyl (C=O) groups is 1. The maximum Gasteiger partial charge on any atom is 0.416 e. The lowest BCUT2D eigenvalue weighted by Crippen LogP contribution is -2.20. The second kappa shape index (κ2) is 8.60. The summed E-state index contributed by atoms with van der Waals surface area (Å²) in [5.41, 5.74) is 1.73. The topological polar surface area (TPSA) is 97.7 Å². The fourth-order valence-corrected chi connectivity index (χ4v) is 2.64. The highest BCUT2D eigenvalue weighted by atomic mass is 19.4. The van der Waals surface area contributed by atoms with E-state index in [4.69, 9.17) is 4.42 Å². The van der Waals surface area contributed by atoms with Crippen molar-refractivity contribution in [1.29, 1.82) is 0 Å². The van der Waals surface area contributed by atoms with Gasteiger partial charge in [-0.1, -0.05) is 30.3 Å². The van der Waals surface area contributed by atoms with E-state index >= 15 is 0 Å². The molecule has 0 atom stereocenters. The van der Waals surface area contributed by atoms with Gasteiger partial charge in [0, 0.05) is 17.2 Å². The highest BCUT2D eigenvalue weighted by Gasteiger charge is 2.30. The predicted octanol–water partition coefficient (Wildman–Crippen LogP) is 4.57. The molecule has 0 bridgehead atoms. The highest BCUT2D eigenvalue weighted by Crippen LogP contribution is 2.32. The summed E-state index contributed by atoms with van der Waals surface area (Å²) in [7, 11) is 0. The second-order valence-electron chi connectivity index (χ2n) is 6.14. The van der Waals surface area contributed by atoms with Crippen LogP contribution in [0.3, 0.4) is 0 Å². The molecule has 0 aliphatic carbocycles. The molecule has 1 amide bonds. The largest absolute Gasteiger partial charge is 0.455 e. The van der Waals surface area contributed by atoms with Crippen molar-refractivity contribution in [2.45, 2.75) is 12.6 Å². The third-order valence-corrected chi connectivity index (χ3v) is 4.02. The fourth-order valence-electron chi connectivity index (χ4n) is 2.64. The molecule has 7 nitrogen and oxygen atoms in total. The molecule has 3 rings (SSSR count). The van der Waals surface area contributed by atoms with Crippen molar-refractivity contribution in [3.63, 3.8) is 0 Å². The Kier molecular flexibility index (Phi) is 5.95. The molecule has 0 unspecified atom stereocenters. The molecule has 0 aliphatic heterocycles. The normalized spacial score (nSPS) is 11.6. The molecule has 30 heavy (non-hydrogen) atoms. The molecule has 0 saturated carbocycles. The van der Waals surface area contributed by atoms with Crippen LogP contribution in [0.2, 0.25) is 0 Å². The predicted molar refractivity (Wildman–Crippen MR) is 102 cm³/mol. The summed E-state index contributed by atoms with van der Waals surface area (Å²) in [6.45, 7) is 0.